The summed E-state index contributed by atoms with van der Waals surface area (Å²) in [5, 5.41) is 4.12. The summed E-state index contributed by atoms with van der Waals surface area (Å²) >= 11 is 0. The van der Waals surface area contributed by atoms with Gasteiger partial charge in [0.05, 0.1) is 12.2 Å². The second-order valence-corrected chi connectivity index (χ2v) is 5.76. The monoisotopic (exact) mass is 340 g/mol. The number of nitrogens with one attached hydrogen (secondary N) is 1. The van der Waals surface area contributed by atoms with E-state index in [1.165, 1.54) is 30.6 Å². The van der Waals surface area contributed by atoms with Crippen molar-refractivity contribution in [1.82, 2.24) is 20.2 Å². The van der Waals surface area contributed by atoms with E-state index in [0.717, 1.165) is 11.1 Å². The van der Waals surface area contributed by atoms with E-state index in [0.29, 0.717) is 12.2 Å². The summed E-state index contributed by atoms with van der Waals surface area (Å²) in [4.78, 5) is 9.83. The largest absolute Gasteiger partial charge is 0.265 e. The summed E-state index contributed by atoms with van der Waals surface area (Å²) in [6.45, 7) is 0.344. The first-order valence-corrected chi connectivity index (χ1v) is 7.66. The van der Waals surface area contributed by atoms with Crippen molar-refractivity contribution >= 4 is 5.70 Å². The van der Waals surface area contributed by atoms with Crippen molar-refractivity contribution in [2.24, 2.45) is 0 Å². The second-order valence-electron chi connectivity index (χ2n) is 5.76. The van der Waals surface area contributed by atoms with Crippen LogP contribution in [0.1, 0.15) is 11.1 Å². The molecule has 0 bridgehead atoms. The molecule has 1 aliphatic rings. The molecule has 1 N–H and O–H groups in total. The standard InChI is InChI=1S/C18H14F2N4O/c19-15-5-1-13(2-6-15)17-9-18(25-23-17,10-24-12-21-11-22-24)14-3-7-16(20)8-4-14/h1-9,11-12,23H,10H2. The van der Waals surface area contributed by atoms with Crippen LogP contribution in [0.5, 0.6) is 0 Å². The Kier molecular flexibility index (Phi) is 3.77. The van der Waals surface area contributed by atoms with Gasteiger partial charge in [0.25, 0.3) is 0 Å². The van der Waals surface area contributed by atoms with Crippen LogP contribution in [0.3, 0.4) is 0 Å². The molecule has 0 radical (unpaired) electrons. The fourth-order valence-corrected chi connectivity index (χ4v) is 2.81. The van der Waals surface area contributed by atoms with Crippen LogP contribution < -0.4 is 5.48 Å². The Hall–Kier alpha value is -3.06. The minimum atomic E-state index is -0.898. The summed E-state index contributed by atoms with van der Waals surface area (Å²) in [6.07, 6.45) is 4.90. The van der Waals surface area contributed by atoms with Crippen molar-refractivity contribution in [1.29, 1.82) is 0 Å². The SMILES string of the molecule is Fc1ccc(C2=CC(Cn3cncn3)(c3ccc(F)cc3)ON2)cc1. The number of benzene rings is 2. The van der Waals surface area contributed by atoms with E-state index in [1.807, 2.05) is 6.08 Å². The smallest absolute Gasteiger partial charge is 0.161 e. The molecule has 2 heterocycles. The predicted molar refractivity (Wildman–Crippen MR) is 86.7 cm³/mol. The molecule has 126 valence electrons. The number of hydrogen-bond donors (Lipinski definition) is 1. The van der Waals surface area contributed by atoms with Crippen molar-refractivity contribution in [2.45, 2.75) is 12.1 Å². The van der Waals surface area contributed by atoms with Crippen LogP contribution >= 0.6 is 0 Å². The van der Waals surface area contributed by atoms with Crippen LogP contribution in [0.15, 0.2) is 67.3 Å². The highest BCUT2D eigenvalue weighted by Crippen LogP contribution is 2.36. The van der Waals surface area contributed by atoms with E-state index < -0.39 is 5.60 Å². The molecular formula is C18H14F2N4O. The minimum Gasteiger partial charge on any atom is -0.265 e. The first kappa shape index (κ1) is 15.5. The third-order valence-corrected chi connectivity index (χ3v) is 4.07. The van der Waals surface area contributed by atoms with E-state index in [4.69, 9.17) is 4.84 Å². The van der Waals surface area contributed by atoms with Crippen molar-refractivity contribution < 1.29 is 13.6 Å². The van der Waals surface area contributed by atoms with Crippen LogP contribution in [-0.4, -0.2) is 14.8 Å². The maximum atomic E-state index is 13.3. The summed E-state index contributed by atoms with van der Waals surface area (Å²) in [6, 6.07) is 12.2. The quantitative estimate of drug-likeness (QED) is 0.793. The van der Waals surface area contributed by atoms with Gasteiger partial charge in [0.1, 0.15) is 24.3 Å². The molecule has 0 spiro atoms. The molecule has 0 fully saturated rings. The molecule has 0 amide bonds. The molecule has 7 heteroatoms. The molecule has 1 aliphatic heterocycles. The van der Waals surface area contributed by atoms with Gasteiger partial charge in [-0.2, -0.15) is 5.10 Å². The molecule has 3 aromatic rings. The third kappa shape index (κ3) is 3.01. The average Bonchev–Trinajstić information content (AvgIpc) is 3.27. The highest BCUT2D eigenvalue weighted by atomic mass is 19.1. The van der Waals surface area contributed by atoms with Gasteiger partial charge in [-0.3, -0.25) is 10.3 Å². The van der Waals surface area contributed by atoms with E-state index in [9.17, 15) is 8.78 Å². The summed E-state index contributed by atoms with van der Waals surface area (Å²) in [5.74, 6) is -0.635. The molecule has 25 heavy (non-hydrogen) atoms. The van der Waals surface area contributed by atoms with Crippen LogP contribution in [0, 0.1) is 11.6 Å². The number of hydroxylamine groups is 1. The lowest BCUT2D eigenvalue weighted by atomic mass is 9.92. The van der Waals surface area contributed by atoms with Crippen LogP contribution in [-0.2, 0) is 17.0 Å². The molecule has 0 saturated heterocycles. The summed E-state index contributed by atoms with van der Waals surface area (Å²) < 4.78 is 28.1. The molecule has 0 aliphatic carbocycles. The lowest BCUT2D eigenvalue weighted by Crippen LogP contribution is -2.32. The van der Waals surface area contributed by atoms with Gasteiger partial charge in [-0.1, -0.05) is 12.1 Å². The first-order chi connectivity index (χ1) is 12.1. The highest BCUT2D eigenvalue weighted by Gasteiger charge is 2.38. The Morgan fingerprint density at radius 2 is 1.68 bits per heavy atom. The highest BCUT2D eigenvalue weighted by molar-refractivity contribution is 5.66. The zero-order chi connectivity index (χ0) is 17.3. The Morgan fingerprint density at radius 3 is 2.32 bits per heavy atom. The fraction of sp³-hybridized carbons (Fsp3) is 0.111. The Balaban J connectivity index is 1.76. The van der Waals surface area contributed by atoms with E-state index >= 15 is 0 Å². The zero-order valence-corrected chi connectivity index (χ0v) is 13.1. The van der Waals surface area contributed by atoms with Gasteiger partial charge in [-0.15, -0.1) is 0 Å². The van der Waals surface area contributed by atoms with Gasteiger partial charge < -0.3 is 0 Å². The van der Waals surface area contributed by atoms with E-state index in [2.05, 4.69) is 15.6 Å². The van der Waals surface area contributed by atoms with Crippen LogP contribution in [0.25, 0.3) is 5.70 Å². The lowest BCUT2D eigenvalue weighted by Gasteiger charge is -2.25. The molecular weight excluding hydrogens is 326 g/mol. The van der Waals surface area contributed by atoms with Crippen molar-refractivity contribution in [3.63, 3.8) is 0 Å². The summed E-state index contributed by atoms with van der Waals surface area (Å²) in [7, 11) is 0. The second kappa shape index (κ2) is 6.10. The maximum Gasteiger partial charge on any atom is 0.161 e. The minimum absolute atomic E-state index is 0.310. The zero-order valence-electron chi connectivity index (χ0n) is 13.1. The Bertz CT molecular complexity index is 892. The number of halogens is 2. The first-order valence-electron chi connectivity index (χ1n) is 7.66. The van der Waals surface area contributed by atoms with Gasteiger partial charge in [0.15, 0.2) is 5.60 Å². The van der Waals surface area contributed by atoms with Gasteiger partial charge >= 0.3 is 0 Å². The number of rotatable bonds is 4. The number of nitrogens with zero attached hydrogens (tertiary/aromatic N) is 3. The number of aromatic nitrogens is 3. The topological polar surface area (TPSA) is 52.0 Å². The average molecular weight is 340 g/mol. The summed E-state index contributed by atoms with van der Waals surface area (Å²) in [5.41, 5.74) is 4.23. The molecule has 1 aromatic heterocycles. The van der Waals surface area contributed by atoms with Crippen molar-refractivity contribution in [3.8, 4) is 0 Å². The van der Waals surface area contributed by atoms with Crippen molar-refractivity contribution in [3.05, 3.63) is 90.0 Å². The fourth-order valence-electron chi connectivity index (χ4n) is 2.81. The van der Waals surface area contributed by atoms with E-state index in [1.54, 1.807) is 35.3 Å². The molecule has 1 unspecified atom stereocenters. The van der Waals surface area contributed by atoms with Gasteiger partial charge in [0, 0.05) is 0 Å². The number of hydrogen-bond acceptors (Lipinski definition) is 4. The lowest BCUT2D eigenvalue weighted by molar-refractivity contribution is -0.0513. The van der Waals surface area contributed by atoms with Crippen LogP contribution in [0.4, 0.5) is 8.78 Å². The Labute approximate surface area is 142 Å². The maximum absolute atomic E-state index is 13.3. The Morgan fingerprint density at radius 1 is 1.00 bits per heavy atom. The molecule has 1 atom stereocenters. The van der Waals surface area contributed by atoms with Gasteiger partial charge in [-0.05, 0) is 53.6 Å². The predicted octanol–water partition coefficient (Wildman–Crippen LogP) is 3.03. The van der Waals surface area contributed by atoms with Gasteiger partial charge in [-0.25, -0.2) is 18.4 Å². The van der Waals surface area contributed by atoms with Crippen molar-refractivity contribution in [2.75, 3.05) is 0 Å². The molecule has 0 saturated carbocycles. The molecule has 4 rings (SSSR count). The molecule has 2 aromatic carbocycles. The van der Waals surface area contributed by atoms with Crippen LogP contribution in [0.2, 0.25) is 0 Å². The van der Waals surface area contributed by atoms with Gasteiger partial charge in [0.2, 0.25) is 0 Å². The van der Waals surface area contributed by atoms with E-state index in [-0.39, 0.29) is 11.6 Å². The molecule has 5 nitrogen and oxygen atoms in total. The third-order valence-electron chi connectivity index (χ3n) is 4.07. The normalized spacial score (nSPS) is 19.5.